The number of thiazole rings is 1. The summed E-state index contributed by atoms with van der Waals surface area (Å²) in [5, 5.41) is 14.4. The molecule has 0 saturated heterocycles. The Morgan fingerprint density at radius 3 is 2.80 bits per heavy atom. The van der Waals surface area contributed by atoms with Crippen LogP contribution in [0.2, 0.25) is 0 Å². The van der Waals surface area contributed by atoms with Crippen molar-refractivity contribution >= 4 is 22.7 Å². The van der Waals surface area contributed by atoms with Crippen molar-refractivity contribution in [3.63, 3.8) is 0 Å². The highest BCUT2D eigenvalue weighted by Crippen LogP contribution is 2.31. The molecule has 2 aromatic rings. The maximum atomic E-state index is 9.26. The first-order valence-electron chi connectivity index (χ1n) is 4.74. The van der Waals surface area contributed by atoms with Crippen molar-refractivity contribution in [1.29, 1.82) is 0 Å². The monoisotopic (exact) mass is 239 g/mol. The highest BCUT2D eigenvalue weighted by molar-refractivity contribution is 7.14. The molecule has 0 aliphatic rings. The number of rotatable bonds is 3. The Kier molecular flexibility index (Phi) is 2.91. The topological polar surface area (TPSA) is 33.1 Å². The molecule has 15 heavy (non-hydrogen) atoms. The summed E-state index contributed by atoms with van der Waals surface area (Å²) in [5.41, 5.74) is 0.784. The highest BCUT2D eigenvalue weighted by atomic mass is 32.1. The summed E-state index contributed by atoms with van der Waals surface area (Å²) in [6.45, 7) is 4.14. The maximum Gasteiger partial charge on any atom is 0.101 e. The summed E-state index contributed by atoms with van der Waals surface area (Å²) < 4.78 is 0. The van der Waals surface area contributed by atoms with Gasteiger partial charge in [-0.25, -0.2) is 4.98 Å². The van der Waals surface area contributed by atoms with Crippen LogP contribution in [0.1, 0.15) is 18.9 Å². The molecule has 0 bridgehead atoms. The minimum Gasteiger partial charge on any atom is -0.395 e. The first-order chi connectivity index (χ1) is 7.13. The number of thiophene rings is 1. The van der Waals surface area contributed by atoms with E-state index >= 15 is 0 Å². The van der Waals surface area contributed by atoms with Crippen molar-refractivity contribution in [3.8, 4) is 10.6 Å². The average Bonchev–Trinajstić information content (AvgIpc) is 2.88. The molecule has 0 aromatic carbocycles. The standard InChI is InChI=1S/C11H13NOS2/c1-11(2,7-13)10-12-8(6-15-10)9-4-3-5-14-9/h3-6,13H,7H2,1-2H3. The molecule has 0 saturated carbocycles. The van der Waals surface area contributed by atoms with Crippen molar-refractivity contribution in [2.45, 2.75) is 19.3 Å². The molecule has 0 spiro atoms. The number of aliphatic hydroxyl groups excluding tert-OH is 1. The Morgan fingerprint density at radius 2 is 2.20 bits per heavy atom. The molecule has 0 radical (unpaired) electrons. The largest absolute Gasteiger partial charge is 0.395 e. The van der Waals surface area contributed by atoms with Crippen LogP contribution in [0.5, 0.6) is 0 Å². The molecule has 0 aliphatic carbocycles. The van der Waals surface area contributed by atoms with Gasteiger partial charge in [0.1, 0.15) is 5.01 Å². The summed E-state index contributed by atoms with van der Waals surface area (Å²) in [5.74, 6) is 0. The van der Waals surface area contributed by atoms with Crippen LogP contribution in [0, 0.1) is 0 Å². The first-order valence-corrected chi connectivity index (χ1v) is 6.50. The van der Waals surface area contributed by atoms with Crippen LogP contribution in [0.25, 0.3) is 10.6 Å². The van der Waals surface area contributed by atoms with Gasteiger partial charge in [0.05, 0.1) is 17.2 Å². The predicted molar refractivity (Wildman–Crippen MR) is 65.5 cm³/mol. The van der Waals surface area contributed by atoms with E-state index in [4.69, 9.17) is 0 Å². The molecule has 1 N–H and O–H groups in total. The maximum absolute atomic E-state index is 9.26. The number of aliphatic hydroxyl groups is 1. The van der Waals surface area contributed by atoms with E-state index in [0.717, 1.165) is 10.7 Å². The third kappa shape index (κ3) is 2.12. The second kappa shape index (κ2) is 4.04. The van der Waals surface area contributed by atoms with E-state index in [0.29, 0.717) is 0 Å². The summed E-state index contributed by atoms with van der Waals surface area (Å²) in [6.07, 6.45) is 0. The van der Waals surface area contributed by atoms with Crippen molar-refractivity contribution in [2.75, 3.05) is 6.61 Å². The van der Waals surface area contributed by atoms with Crippen molar-refractivity contribution in [1.82, 2.24) is 4.98 Å². The van der Waals surface area contributed by atoms with E-state index in [1.54, 1.807) is 22.7 Å². The van der Waals surface area contributed by atoms with Gasteiger partial charge in [-0.15, -0.1) is 22.7 Å². The molecule has 0 amide bonds. The Hall–Kier alpha value is -0.710. The third-order valence-corrected chi connectivity index (χ3v) is 4.35. The van der Waals surface area contributed by atoms with E-state index in [1.165, 1.54) is 4.88 Å². The zero-order valence-electron chi connectivity index (χ0n) is 8.73. The second-order valence-electron chi connectivity index (χ2n) is 4.06. The lowest BCUT2D eigenvalue weighted by molar-refractivity contribution is 0.218. The fourth-order valence-electron chi connectivity index (χ4n) is 1.19. The Morgan fingerprint density at radius 1 is 1.40 bits per heavy atom. The molecule has 0 aliphatic heterocycles. The van der Waals surface area contributed by atoms with Gasteiger partial charge < -0.3 is 5.11 Å². The van der Waals surface area contributed by atoms with Crippen LogP contribution in [-0.4, -0.2) is 16.7 Å². The summed E-state index contributed by atoms with van der Waals surface area (Å²) in [7, 11) is 0. The van der Waals surface area contributed by atoms with Gasteiger partial charge in [-0.1, -0.05) is 19.9 Å². The number of hydrogen-bond donors (Lipinski definition) is 1. The smallest absolute Gasteiger partial charge is 0.101 e. The lowest BCUT2D eigenvalue weighted by Crippen LogP contribution is -2.21. The number of hydrogen-bond acceptors (Lipinski definition) is 4. The van der Waals surface area contributed by atoms with E-state index in [9.17, 15) is 5.11 Å². The quantitative estimate of drug-likeness (QED) is 0.892. The molecule has 0 unspecified atom stereocenters. The van der Waals surface area contributed by atoms with Gasteiger partial charge >= 0.3 is 0 Å². The van der Waals surface area contributed by atoms with E-state index in [1.807, 2.05) is 25.3 Å². The highest BCUT2D eigenvalue weighted by Gasteiger charge is 2.23. The summed E-state index contributed by atoms with van der Waals surface area (Å²) >= 11 is 3.30. The van der Waals surface area contributed by atoms with Gasteiger partial charge in [0.25, 0.3) is 0 Å². The molecule has 4 heteroatoms. The van der Waals surface area contributed by atoms with Gasteiger partial charge in [0.15, 0.2) is 0 Å². The van der Waals surface area contributed by atoms with Crippen LogP contribution in [0.3, 0.4) is 0 Å². The van der Waals surface area contributed by atoms with Gasteiger partial charge in [-0.05, 0) is 11.4 Å². The average molecular weight is 239 g/mol. The Labute approximate surface area is 97.2 Å². The molecule has 0 fully saturated rings. The molecule has 80 valence electrons. The normalized spacial score (nSPS) is 11.9. The van der Waals surface area contributed by atoms with Gasteiger partial charge in [0.2, 0.25) is 0 Å². The van der Waals surface area contributed by atoms with Crippen LogP contribution < -0.4 is 0 Å². The molecular weight excluding hydrogens is 226 g/mol. The van der Waals surface area contributed by atoms with Crippen LogP contribution in [-0.2, 0) is 5.41 Å². The van der Waals surface area contributed by atoms with E-state index < -0.39 is 0 Å². The van der Waals surface area contributed by atoms with Gasteiger partial charge in [0, 0.05) is 10.8 Å². The Bertz CT molecular complexity index is 431. The van der Waals surface area contributed by atoms with Crippen LogP contribution in [0.4, 0.5) is 0 Å². The first kappa shape index (κ1) is 10.8. The van der Waals surface area contributed by atoms with Gasteiger partial charge in [-0.3, -0.25) is 0 Å². The fraction of sp³-hybridized carbons (Fsp3) is 0.364. The molecular formula is C11H13NOS2. The second-order valence-corrected chi connectivity index (χ2v) is 5.86. The van der Waals surface area contributed by atoms with E-state index in [2.05, 4.69) is 16.4 Å². The van der Waals surface area contributed by atoms with E-state index in [-0.39, 0.29) is 12.0 Å². The molecule has 2 nitrogen and oxygen atoms in total. The lowest BCUT2D eigenvalue weighted by atomic mass is 9.96. The fourth-order valence-corrected chi connectivity index (χ4v) is 2.89. The molecule has 2 rings (SSSR count). The Balaban J connectivity index is 2.33. The van der Waals surface area contributed by atoms with Crippen LogP contribution >= 0.6 is 22.7 Å². The number of aromatic nitrogens is 1. The molecule has 2 aromatic heterocycles. The summed E-state index contributed by atoms with van der Waals surface area (Å²) in [4.78, 5) is 5.75. The van der Waals surface area contributed by atoms with Crippen molar-refractivity contribution in [2.24, 2.45) is 0 Å². The number of nitrogens with zero attached hydrogens (tertiary/aromatic N) is 1. The zero-order valence-corrected chi connectivity index (χ0v) is 10.4. The lowest BCUT2D eigenvalue weighted by Gasteiger charge is -2.17. The van der Waals surface area contributed by atoms with Crippen molar-refractivity contribution in [3.05, 3.63) is 27.9 Å². The van der Waals surface area contributed by atoms with Gasteiger partial charge in [-0.2, -0.15) is 0 Å². The van der Waals surface area contributed by atoms with Crippen molar-refractivity contribution < 1.29 is 5.11 Å². The zero-order chi connectivity index (χ0) is 10.9. The minimum atomic E-state index is -0.236. The SMILES string of the molecule is CC(C)(CO)c1nc(-c2cccs2)cs1. The minimum absolute atomic E-state index is 0.129. The third-order valence-electron chi connectivity index (χ3n) is 2.25. The molecule has 0 atom stereocenters. The molecule has 2 heterocycles. The van der Waals surface area contributed by atoms with Crippen LogP contribution in [0.15, 0.2) is 22.9 Å². The summed E-state index contributed by atoms with van der Waals surface area (Å²) in [6, 6.07) is 4.09. The predicted octanol–water partition coefficient (Wildman–Crippen LogP) is 3.14.